The van der Waals surface area contributed by atoms with E-state index in [0.717, 1.165) is 18.2 Å². The van der Waals surface area contributed by atoms with Gasteiger partial charge < -0.3 is 0 Å². The van der Waals surface area contributed by atoms with Crippen molar-refractivity contribution in [3.8, 4) is 0 Å². The minimum Gasteiger partial charge on any atom is -0.218 e. The molecule has 0 amide bonds. The van der Waals surface area contributed by atoms with Gasteiger partial charge >= 0.3 is 0 Å². The van der Waals surface area contributed by atoms with Gasteiger partial charge in [-0.1, -0.05) is 39.5 Å². The van der Waals surface area contributed by atoms with Crippen molar-refractivity contribution in [2.24, 2.45) is 16.0 Å². The van der Waals surface area contributed by atoms with E-state index in [1.54, 1.807) is 0 Å². The fourth-order valence-electron chi connectivity index (χ4n) is 1.51. The Morgan fingerprint density at radius 2 is 2.23 bits per heavy atom. The predicted octanol–water partition coefficient (Wildman–Crippen LogP) is 2.55. The lowest BCUT2D eigenvalue weighted by molar-refractivity contribution is 0.465. The Balaban J connectivity index is 2.26. The second-order valence-corrected chi connectivity index (χ2v) is 3.50. The summed E-state index contributed by atoms with van der Waals surface area (Å²) >= 11 is 0. The molecule has 1 unspecified atom stereocenters. The summed E-state index contributed by atoms with van der Waals surface area (Å²) < 4.78 is 0. The third-order valence-corrected chi connectivity index (χ3v) is 2.45. The highest BCUT2D eigenvalue weighted by Gasteiger charge is 2.11. The summed E-state index contributed by atoms with van der Waals surface area (Å²) in [6, 6.07) is 0. The summed E-state index contributed by atoms with van der Waals surface area (Å²) in [4.78, 5) is 4.09. The minimum atomic E-state index is 0.740. The van der Waals surface area contributed by atoms with Gasteiger partial charge in [0.1, 0.15) is 6.34 Å². The van der Waals surface area contributed by atoms with Crippen molar-refractivity contribution in [1.82, 2.24) is 5.43 Å². The van der Waals surface area contributed by atoms with E-state index in [4.69, 9.17) is 0 Å². The SMILES string of the molecule is CCCCC(CC)CC1=N[N]C=N1. The van der Waals surface area contributed by atoms with Crippen molar-refractivity contribution < 1.29 is 0 Å². The first-order chi connectivity index (χ1) is 6.36. The molecule has 0 fully saturated rings. The summed E-state index contributed by atoms with van der Waals surface area (Å²) in [7, 11) is 0. The zero-order valence-corrected chi connectivity index (χ0v) is 8.53. The zero-order chi connectivity index (χ0) is 9.52. The highest BCUT2D eigenvalue weighted by Crippen LogP contribution is 2.18. The summed E-state index contributed by atoms with van der Waals surface area (Å²) in [6.45, 7) is 4.46. The molecule has 13 heavy (non-hydrogen) atoms. The number of aliphatic imine (C=N–C) groups is 1. The van der Waals surface area contributed by atoms with Crippen molar-refractivity contribution in [3.05, 3.63) is 0 Å². The standard InChI is InChI=1S/C10H18N3/c1-3-5-6-9(4-2)7-10-11-8-12-13-10/h8-9H,3-7H2,1-2H3. The van der Waals surface area contributed by atoms with E-state index in [9.17, 15) is 0 Å². The monoisotopic (exact) mass is 180 g/mol. The molecule has 0 aromatic rings. The molecule has 0 aromatic carbocycles. The summed E-state index contributed by atoms with van der Waals surface area (Å²) in [6.07, 6.45) is 7.62. The minimum absolute atomic E-state index is 0.740. The second-order valence-electron chi connectivity index (χ2n) is 3.50. The molecule has 1 heterocycles. The Hall–Kier alpha value is -0.860. The lowest BCUT2D eigenvalue weighted by atomic mass is 9.95. The molecule has 3 nitrogen and oxygen atoms in total. The lowest BCUT2D eigenvalue weighted by Crippen LogP contribution is -2.05. The molecular weight excluding hydrogens is 162 g/mol. The number of rotatable bonds is 6. The van der Waals surface area contributed by atoms with E-state index in [1.807, 2.05) is 0 Å². The van der Waals surface area contributed by atoms with Gasteiger partial charge in [-0.3, -0.25) is 0 Å². The van der Waals surface area contributed by atoms with Gasteiger partial charge in [0.25, 0.3) is 0 Å². The largest absolute Gasteiger partial charge is 0.218 e. The van der Waals surface area contributed by atoms with Crippen LogP contribution in [0.5, 0.6) is 0 Å². The predicted molar refractivity (Wildman–Crippen MR) is 56.0 cm³/mol. The molecule has 0 N–H and O–H groups in total. The van der Waals surface area contributed by atoms with Gasteiger partial charge in [-0.2, -0.15) is 0 Å². The van der Waals surface area contributed by atoms with Crippen LogP contribution in [0.4, 0.5) is 0 Å². The number of nitrogens with zero attached hydrogens (tertiary/aromatic N) is 3. The summed E-state index contributed by atoms with van der Waals surface area (Å²) in [5.41, 5.74) is 3.73. The van der Waals surface area contributed by atoms with Crippen molar-refractivity contribution >= 4 is 12.2 Å². The average molecular weight is 180 g/mol. The molecule has 0 spiro atoms. The van der Waals surface area contributed by atoms with E-state index in [2.05, 4.69) is 29.4 Å². The number of hydrogen-bond acceptors (Lipinski definition) is 2. The molecule has 0 saturated heterocycles. The topological polar surface area (TPSA) is 38.8 Å². The van der Waals surface area contributed by atoms with Gasteiger partial charge in [-0.05, 0) is 5.92 Å². The maximum atomic E-state index is 4.09. The maximum absolute atomic E-state index is 4.09. The molecule has 1 aliphatic rings. The Labute approximate surface area is 80.3 Å². The Bertz CT molecular complexity index is 196. The highest BCUT2D eigenvalue weighted by molar-refractivity contribution is 5.92. The summed E-state index contributed by atoms with van der Waals surface area (Å²) in [5, 5.41) is 3.95. The fourth-order valence-corrected chi connectivity index (χ4v) is 1.51. The highest BCUT2D eigenvalue weighted by atomic mass is 15.4. The molecule has 3 heteroatoms. The zero-order valence-electron chi connectivity index (χ0n) is 8.53. The molecule has 1 rings (SSSR count). The van der Waals surface area contributed by atoms with Crippen molar-refractivity contribution in [2.75, 3.05) is 0 Å². The van der Waals surface area contributed by atoms with Crippen LogP contribution in [-0.4, -0.2) is 12.2 Å². The van der Waals surface area contributed by atoms with Crippen LogP contribution in [0.15, 0.2) is 10.1 Å². The Morgan fingerprint density at radius 1 is 1.38 bits per heavy atom. The van der Waals surface area contributed by atoms with Crippen molar-refractivity contribution in [1.29, 1.82) is 0 Å². The smallest absolute Gasteiger partial charge is 0.153 e. The second kappa shape index (κ2) is 5.73. The maximum Gasteiger partial charge on any atom is 0.153 e. The van der Waals surface area contributed by atoms with E-state index < -0.39 is 0 Å². The first-order valence-electron chi connectivity index (χ1n) is 5.16. The van der Waals surface area contributed by atoms with Crippen LogP contribution >= 0.6 is 0 Å². The molecule has 1 atom stereocenters. The lowest BCUT2D eigenvalue weighted by Gasteiger charge is -2.11. The molecular formula is C10H18N3. The van der Waals surface area contributed by atoms with Crippen LogP contribution < -0.4 is 5.43 Å². The van der Waals surface area contributed by atoms with E-state index in [-0.39, 0.29) is 0 Å². The molecule has 1 aliphatic heterocycles. The number of amidine groups is 1. The molecule has 73 valence electrons. The third kappa shape index (κ3) is 3.57. The van der Waals surface area contributed by atoms with Crippen LogP contribution in [0, 0.1) is 5.92 Å². The van der Waals surface area contributed by atoms with Gasteiger partial charge in [0.05, 0.1) is 0 Å². The third-order valence-electron chi connectivity index (χ3n) is 2.45. The molecule has 0 aliphatic carbocycles. The van der Waals surface area contributed by atoms with Crippen LogP contribution in [0.1, 0.15) is 46.0 Å². The first-order valence-corrected chi connectivity index (χ1v) is 5.16. The Morgan fingerprint density at radius 3 is 2.77 bits per heavy atom. The fraction of sp³-hybridized carbons (Fsp3) is 0.800. The van der Waals surface area contributed by atoms with Crippen molar-refractivity contribution in [2.45, 2.75) is 46.0 Å². The van der Waals surface area contributed by atoms with E-state index in [1.165, 1.54) is 32.0 Å². The molecule has 0 bridgehead atoms. The van der Waals surface area contributed by atoms with Gasteiger partial charge in [-0.25, -0.2) is 4.99 Å². The Kier molecular flexibility index (Phi) is 4.50. The van der Waals surface area contributed by atoms with Crippen LogP contribution in [0.25, 0.3) is 0 Å². The van der Waals surface area contributed by atoms with E-state index >= 15 is 0 Å². The van der Waals surface area contributed by atoms with Crippen LogP contribution in [0.3, 0.4) is 0 Å². The van der Waals surface area contributed by atoms with Gasteiger partial charge in [0.15, 0.2) is 5.84 Å². The average Bonchev–Trinajstić information content (AvgIpc) is 2.64. The van der Waals surface area contributed by atoms with Gasteiger partial charge in [0, 0.05) is 6.42 Å². The first kappa shape index (κ1) is 10.2. The molecule has 0 saturated carbocycles. The normalized spacial score (nSPS) is 16.9. The number of hydrogen-bond donors (Lipinski definition) is 0. The quantitative estimate of drug-likeness (QED) is 0.602. The van der Waals surface area contributed by atoms with Crippen LogP contribution in [-0.2, 0) is 0 Å². The molecule has 1 radical (unpaired) electrons. The van der Waals surface area contributed by atoms with Gasteiger partial charge in [-0.15, -0.1) is 10.5 Å². The molecule has 0 aromatic heterocycles. The van der Waals surface area contributed by atoms with Crippen molar-refractivity contribution in [3.63, 3.8) is 0 Å². The van der Waals surface area contributed by atoms with E-state index in [0.29, 0.717) is 0 Å². The summed E-state index contributed by atoms with van der Waals surface area (Å²) in [5.74, 6) is 1.65. The van der Waals surface area contributed by atoms with Crippen LogP contribution in [0.2, 0.25) is 0 Å². The van der Waals surface area contributed by atoms with Gasteiger partial charge in [0.2, 0.25) is 0 Å². The number of unbranched alkanes of at least 4 members (excludes halogenated alkanes) is 1.